The minimum atomic E-state index is -0.889. The maximum Gasteiger partial charge on any atom is 0.308 e. The van der Waals surface area contributed by atoms with Crippen LogP contribution in [0.15, 0.2) is 23.0 Å². The van der Waals surface area contributed by atoms with Gasteiger partial charge in [-0.05, 0) is 56.4 Å². The Morgan fingerprint density at radius 3 is 2.75 bits per heavy atom. The van der Waals surface area contributed by atoms with E-state index in [2.05, 4.69) is 6.92 Å². The summed E-state index contributed by atoms with van der Waals surface area (Å²) in [6, 6.07) is 5.37. The lowest BCUT2D eigenvalue weighted by atomic mass is 9.58. The summed E-state index contributed by atoms with van der Waals surface area (Å²) in [4.78, 5) is 52.3. The highest BCUT2D eigenvalue weighted by Crippen LogP contribution is 2.60. The van der Waals surface area contributed by atoms with E-state index in [9.17, 15) is 14.4 Å². The van der Waals surface area contributed by atoms with Crippen molar-refractivity contribution in [3.63, 3.8) is 0 Å². The predicted molar refractivity (Wildman–Crippen MR) is 140 cm³/mol. The van der Waals surface area contributed by atoms with Crippen molar-refractivity contribution < 1.29 is 33.6 Å². The van der Waals surface area contributed by atoms with Gasteiger partial charge < -0.3 is 23.7 Å². The number of carbonyl (C=O) groups excluding carboxylic acids is 2. The number of amides is 1. The molecule has 10 nitrogen and oxygen atoms in total. The van der Waals surface area contributed by atoms with Crippen LogP contribution in [0.5, 0.6) is 0 Å². The van der Waals surface area contributed by atoms with Crippen LogP contribution in [0.4, 0.5) is 0 Å². The molecule has 7 heterocycles. The first-order valence-electron chi connectivity index (χ1n) is 15.0. The normalized spacial score (nSPS) is 43.3. The van der Waals surface area contributed by atoms with Crippen molar-refractivity contribution >= 4 is 11.9 Å². The number of ether oxygens (including phenoxy) is 3. The van der Waals surface area contributed by atoms with Gasteiger partial charge in [-0.1, -0.05) is 19.9 Å². The molecule has 5 saturated heterocycles. The van der Waals surface area contributed by atoms with Crippen LogP contribution in [0.25, 0.3) is 0 Å². The summed E-state index contributed by atoms with van der Waals surface area (Å²) in [6.45, 7) is 7.99. The Balaban J connectivity index is 0.990. The van der Waals surface area contributed by atoms with Gasteiger partial charge in [-0.15, -0.1) is 0 Å². The Kier molecular flexibility index (Phi) is 6.42. The lowest BCUT2D eigenvalue weighted by molar-refractivity contribution is -0.576. The fourth-order valence-electron chi connectivity index (χ4n) is 8.66. The lowest BCUT2D eigenvalue weighted by Crippen LogP contribution is -2.70. The van der Waals surface area contributed by atoms with Crippen molar-refractivity contribution in [1.82, 2.24) is 9.47 Å². The molecule has 218 valence electrons. The molecular formula is C30H40N2O8. The van der Waals surface area contributed by atoms with Gasteiger partial charge in [0.15, 0.2) is 11.9 Å². The summed E-state index contributed by atoms with van der Waals surface area (Å²) in [7, 11) is 0. The molecule has 10 atom stereocenters. The highest BCUT2D eigenvalue weighted by atomic mass is 17.3. The predicted octanol–water partition coefficient (Wildman–Crippen LogP) is 3.33. The molecule has 0 aromatic carbocycles. The number of hydrogen-bond acceptors (Lipinski definition) is 8. The Labute approximate surface area is 234 Å². The zero-order valence-electron chi connectivity index (χ0n) is 23.6. The number of nitrogens with zero attached hydrogens (tertiary/aromatic N) is 2. The molecule has 1 aromatic heterocycles. The standard InChI is InChI=1S/C30H40N2O8/c1-17-7-8-22-18(2)27(37-28-30(22)21(17)11-12-29(3,38-28)39-40-30)36-26(35)10-9-24(33)31-14-19-13-20(16-31)23-5-4-6-25(34)32(23)15-19/h4-6,17-22,27-28H,7-16H2,1-3H3/t17-,18-,19+,20+,21+,22+,27-,28-,29+,30-/m1/s1. The quantitative estimate of drug-likeness (QED) is 0.411. The fourth-order valence-corrected chi connectivity index (χ4v) is 8.66. The van der Waals surface area contributed by atoms with Gasteiger partial charge >= 0.3 is 5.97 Å². The fraction of sp³-hybridized carbons (Fsp3) is 0.767. The second-order valence-corrected chi connectivity index (χ2v) is 13.3. The van der Waals surface area contributed by atoms with Gasteiger partial charge in [-0.3, -0.25) is 14.4 Å². The van der Waals surface area contributed by atoms with Crippen LogP contribution in [0.1, 0.15) is 77.3 Å². The molecule has 6 fully saturated rings. The molecule has 1 amide bonds. The number of esters is 1. The average Bonchev–Trinajstić information content (AvgIpc) is 3.16. The van der Waals surface area contributed by atoms with E-state index in [4.69, 9.17) is 24.0 Å². The van der Waals surface area contributed by atoms with Crippen molar-refractivity contribution in [2.24, 2.45) is 29.6 Å². The van der Waals surface area contributed by atoms with Gasteiger partial charge in [0, 0.05) is 62.0 Å². The topological polar surface area (TPSA) is 106 Å². The van der Waals surface area contributed by atoms with E-state index < -0.39 is 29.9 Å². The number of rotatable bonds is 4. The van der Waals surface area contributed by atoms with Gasteiger partial charge in [0.2, 0.25) is 18.0 Å². The number of hydrogen-bond donors (Lipinski definition) is 0. The Morgan fingerprint density at radius 1 is 1.05 bits per heavy atom. The van der Waals surface area contributed by atoms with E-state index in [1.165, 1.54) is 0 Å². The third-order valence-corrected chi connectivity index (χ3v) is 10.7. The monoisotopic (exact) mass is 556 g/mol. The molecule has 40 heavy (non-hydrogen) atoms. The van der Waals surface area contributed by atoms with Gasteiger partial charge in [0.1, 0.15) is 0 Å². The number of aromatic nitrogens is 1. The SMILES string of the molecule is C[C@H]1[C@H](OC(=O)CCC(=O)N2C[C@@H]3C[C@@H](C2)c2cccc(=O)n2C3)O[C@@H]2O[C@]3(C)CC[C@H]4[C@H](C)CC[C@@H]1[C@@]24OO3. The molecule has 1 saturated carbocycles. The number of fused-ring (bicyclic) bond motifs is 6. The molecule has 4 bridgehead atoms. The average molecular weight is 557 g/mol. The summed E-state index contributed by atoms with van der Waals surface area (Å²) in [6.07, 6.45) is 3.26. The summed E-state index contributed by atoms with van der Waals surface area (Å²) in [5, 5.41) is 0. The van der Waals surface area contributed by atoms with E-state index in [-0.39, 0.29) is 53.9 Å². The van der Waals surface area contributed by atoms with Gasteiger partial charge in [0.05, 0.1) is 6.42 Å². The molecular weight excluding hydrogens is 516 g/mol. The number of pyridine rings is 1. The maximum atomic E-state index is 13.2. The Bertz CT molecular complexity index is 1250. The zero-order chi connectivity index (χ0) is 27.8. The highest BCUT2D eigenvalue weighted by Gasteiger charge is 2.69. The van der Waals surface area contributed by atoms with E-state index in [0.29, 0.717) is 25.6 Å². The smallest absolute Gasteiger partial charge is 0.308 e. The minimum absolute atomic E-state index is 0.00832. The van der Waals surface area contributed by atoms with Gasteiger partial charge in [0.25, 0.3) is 5.56 Å². The first-order valence-corrected chi connectivity index (χ1v) is 15.0. The van der Waals surface area contributed by atoms with Crippen LogP contribution >= 0.6 is 0 Å². The third-order valence-electron chi connectivity index (χ3n) is 10.7. The van der Waals surface area contributed by atoms with E-state index >= 15 is 0 Å². The largest absolute Gasteiger partial charge is 0.435 e. The van der Waals surface area contributed by atoms with Crippen molar-refractivity contribution in [3.05, 3.63) is 34.2 Å². The minimum Gasteiger partial charge on any atom is -0.435 e. The summed E-state index contributed by atoms with van der Waals surface area (Å²) >= 11 is 0. The van der Waals surface area contributed by atoms with Gasteiger partial charge in [-0.25, -0.2) is 9.78 Å². The van der Waals surface area contributed by atoms with Crippen molar-refractivity contribution in [1.29, 1.82) is 0 Å². The molecule has 1 spiro atoms. The molecule has 10 heteroatoms. The second-order valence-electron chi connectivity index (χ2n) is 13.3. The summed E-state index contributed by atoms with van der Waals surface area (Å²) < 4.78 is 20.4. The summed E-state index contributed by atoms with van der Waals surface area (Å²) in [5.74, 6) is -0.339. The molecule has 0 unspecified atom stereocenters. The van der Waals surface area contributed by atoms with E-state index in [1.807, 2.05) is 29.4 Å². The van der Waals surface area contributed by atoms with E-state index in [0.717, 1.165) is 37.8 Å². The number of piperidine rings is 1. The lowest BCUT2D eigenvalue weighted by Gasteiger charge is -2.59. The third kappa shape index (κ3) is 4.16. The number of likely N-dealkylation sites (tertiary alicyclic amines) is 1. The Hall–Kier alpha value is -2.27. The zero-order valence-corrected chi connectivity index (χ0v) is 23.6. The molecule has 6 aliphatic heterocycles. The van der Waals surface area contributed by atoms with Crippen LogP contribution < -0.4 is 5.56 Å². The van der Waals surface area contributed by atoms with Crippen molar-refractivity contribution in [3.8, 4) is 0 Å². The van der Waals surface area contributed by atoms with Crippen LogP contribution in [-0.4, -0.2) is 58.4 Å². The molecule has 1 aliphatic carbocycles. The first kappa shape index (κ1) is 26.6. The van der Waals surface area contributed by atoms with Crippen LogP contribution in [0.2, 0.25) is 0 Å². The van der Waals surface area contributed by atoms with Crippen molar-refractivity contribution in [2.45, 2.75) is 102 Å². The number of carbonyl (C=O) groups is 2. The summed E-state index contributed by atoms with van der Waals surface area (Å²) in [5.41, 5.74) is 0.314. The van der Waals surface area contributed by atoms with Crippen LogP contribution in [-0.2, 0) is 40.1 Å². The molecule has 1 aromatic rings. The Morgan fingerprint density at radius 2 is 1.90 bits per heavy atom. The second kappa shape index (κ2) is 9.64. The van der Waals surface area contributed by atoms with E-state index in [1.54, 1.807) is 12.1 Å². The maximum absolute atomic E-state index is 13.2. The molecule has 7 aliphatic rings. The van der Waals surface area contributed by atoms with Crippen LogP contribution in [0, 0.1) is 29.6 Å². The molecule has 0 N–H and O–H groups in total. The highest BCUT2D eigenvalue weighted by molar-refractivity contribution is 5.81. The van der Waals surface area contributed by atoms with Crippen LogP contribution in [0.3, 0.4) is 0 Å². The molecule has 0 radical (unpaired) electrons. The van der Waals surface area contributed by atoms with Gasteiger partial charge in [-0.2, -0.15) is 0 Å². The first-order chi connectivity index (χ1) is 19.2. The molecule has 8 rings (SSSR count). The van der Waals surface area contributed by atoms with Crippen molar-refractivity contribution in [2.75, 3.05) is 13.1 Å².